The van der Waals surface area contributed by atoms with Crippen molar-refractivity contribution in [1.82, 2.24) is 0 Å². The third-order valence-corrected chi connectivity index (χ3v) is 12.5. The summed E-state index contributed by atoms with van der Waals surface area (Å²) in [4.78, 5) is 32.7. The van der Waals surface area contributed by atoms with Gasteiger partial charge in [0.15, 0.2) is 0 Å². The number of phenols is 3. The summed E-state index contributed by atoms with van der Waals surface area (Å²) in [7, 11) is 0. The second-order valence-corrected chi connectivity index (χ2v) is 17.4. The number of halogens is 3. The Kier molecular flexibility index (Phi) is 35.6. The van der Waals surface area contributed by atoms with Crippen LogP contribution in [0.1, 0.15) is 223 Å². The molecule has 0 bridgehead atoms. The smallest absolute Gasteiger partial charge is 0.545 e. The third-order valence-electron chi connectivity index (χ3n) is 11.2. The van der Waals surface area contributed by atoms with E-state index >= 15 is 0 Å². The predicted molar refractivity (Wildman–Crippen MR) is 257 cm³/mol. The first-order valence-electron chi connectivity index (χ1n) is 23.4. The summed E-state index contributed by atoms with van der Waals surface area (Å²) in [5.41, 5.74) is 1.40. The number of hydrogen-bond donors (Lipinski definition) is 3. The number of rotatable bonds is 30. The van der Waals surface area contributed by atoms with Crippen LogP contribution >= 0.6 is 34.8 Å². The van der Waals surface area contributed by atoms with Gasteiger partial charge in [0.05, 0.1) is 33.0 Å². The van der Waals surface area contributed by atoms with Crippen LogP contribution < -0.4 is 15.3 Å². The molecule has 0 aliphatic carbocycles. The van der Waals surface area contributed by atoms with Gasteiger partial charge in [0.1, 0.15) is 17.2 Å². The fourth-order valence-corrected chi connectivity index (χ4v) is 8.32. The zero-order chi connectivity index (χ0) is 47.0. The summed E-state index contributed by atoms with van der Waals surface area (Å²) < 4.78 is 0. The molecule has 9 nitrogen and oxygen atoms in total. The minimum absolute atomic E-state index is 0. The molecule has 0 aromatic heterocycles. The van der Waals surface area contributed by atoms with Gasteiger partial charge in [-0.05, 0) is 74.9 Å². The summed E-state index contributed by atoms with van der Waals surface area (Å²) in [6, 6.07) is 7.96. The van der Waals surface area contributed by atoms with Crippen molar-refractivity contribution >= 4 is 77.1 Å². The second kappa shape index (κ2) is 37.3. The number of unbranched alkanes of at least 4 members (excludes halogenated alkanes) is 21. The molecule has 13 heteroatoms. The fourth-order valence-electron chi connectivity index (χ4n) is 7.33. The molecule has 2 radical (unpaired) electrons. The quantitative estimate of drug-likeness (QED) is 0.0432. The summed E-state index contributed by atoms with van der Waals surface area (Å²) >= 11 is 18.1. The van der Waals surface area contributed by atoms with Crippen LogP contribution in [0.3, 0.4) is 0 Å². The Morgan fingerprint density at radius 3 is 0.750 bits per heavy atom. The average molecular weight is 1060 g/mol. The third kappa shape index (κ3) is 24.6. The van der Waals surface area contributed by atoms with Crippen LogP contribution in [0.5, 0.6) is 17.2 Å². The molecule has 0 amide bonds. The molecule has 3 rings (SSSR count). The number of aromatic carboxylic acids is 3. The molecule has 0 fully saturated rings. The zero-order valence-electron chi connectivity index (χ0n) is 38.4. The van der Waals surface area contributed by atoms with Crippen LogP contribution in [0.15, 0.2) is 36.4 Å². The van der Waals surface area contributed by atoms with Crippen LogP contribution in [0, 0.1) is 0 Å². The molecule has 0 spiro atoms. The van der Waals surface area contributed by atoms with E-state index in [4.69, 9.17) is 34.8 Å². The Morgan fingerprint density at radius 1 is 0.375 bits per heavy atom. The first kappa shape index (κ1) is 61.2. The van der Waals surface area contributed by atoms with Crippen molar-refractivity contribution < 1.29 is 45.0 Å². The molecule has 0 aliphatic rings. The molecular formula is C51H72Cl3O9Sb. The topological polar surface area (TPSA) is 181 Å². The Bertz CT molecular complexity index is 1580. The van der Waals surface area contributed by atoms with Gasteiger partial charge in [-0.3, -0.25) is 0 Å². The van der Waals surface area contributed by atoms with E-state index < -0.39 is 17.9 Å². The molecule has 0 atom stereocenters. The molecule has 3 aromatic rings. The maximum absolute atomic E-state index is 10.9. The molecule has 0 unspecified atom stereocenters. The van der Waals surface area contributed by atoms with Gasteiger partial charge in [-0.2, -0.15) is 0 Å². The van der Waals surface area contributed by atoms with E-state index in [2.05, 4.69) is 20.8 Å². The predicted octanol–water partition coefficient (Wildman–Crippen LogP) is 11.9. The molecule has 0 aliphatic heterocycles. The van der Waals surface area contributed by atoms with Gasteiger partial charge in [0.2, 0.25) is 0 Å². The van der Waals surface area contributed by atoms with Gasteiger partial charge in [0.25, 0.3) is 0 Å². The summed E-state index contributed by atoms with van der Waals surface area (Å²) in [5, 5.41) is 62.5. The van der Waals surface area contributed by atoms with Crippen LogP contribution in [0.25, 0.3) is 0 Å². The van der Waals surface area contributed by atoms with E-state index in [0.717, 1.165) is 38.5 Å². The molecular weight excluding hydrogens is 985 g/mol. The summed E-state index contributed by atoms with van der Waals surface area (Å²) in [6.07, 6.45) is 30.3. The van der Waals surface area contributed by atoms with Gasteiger partial charge in [-0.15, -0.1) is 0 Å². The van der Waals surface area contributed by atoms with Gasteiger partial charge < -0.3 is 45.0 Å². The van der Waals surface area contributed by atoms with Crippen molar-refractivity contribution in [2.75, 3.05) is 0 Å². The van der Waals surface area contributed by atoms with Gasteiger partial charge in [-0.1, -0.05) is 190 Å². The molecule has 3 N–H and O–H groups in total. The van der Waals surface area contributed by atoms with Gasteiger partial charge in [-0.25, -0.2) is 0 Å². The number of carboxylic acid groups (broad SMARTS) is 3. The number of carbonyl (C=O) groups is 3. The van der Waals surface area contributed by atoms with Crippen LogP contribution in [-0.4, -0.2) is 57.7 Å². The standard InChI is InChI=1S/3C17H25ClO3.Sb/c3*1-2-3-4-5-6-7-8-9-10-13-15(19)12-11-14(16(13)18)17(20)21;/h3*11-12,19H,2-10H2,1H3,(H,20,21);/q;;;+3/p-3. The number of benzene rings is 3. The largest absolute Gasteiger partial charge is 3.00 e. The SMILES string of the molecule is CCCCCCCCCCc1c(O)ccc(C(=O)[O-])c1Cl.CCCCCCCCCCc1c(O)ccc(C(=O)[O-])c1Cl.CCCCCCCCCCc1c(O)ccc(C(=O)[O-])c1Cl.[Sb+3]. The Morgan fingerprint density at radius 2 is 0.562 bits per heavy atom. The van der Waals surface area contributed by atoms with E-state index in [1.807, 2.05) is 0 Å². The van der Waals surface area contributed by atoms with Crippen molar-refractivity contribution in [3.8, 4) is 17.2 Å². The molecule has 3 aromatic carbocycles. The second-order valence-electron chi connectivity index (χ2n) is 16.3. The fraction of sp³-hybridized carbons (Fsp3) is 0.588. The maximum Gasteiger partial charge on any atom is 3.00 e. The van der Waals surface area contributed by atoms with Crippen molar-refractivity contribution in [2.45, 2.75) is 194 Å². The number of phenolic OH excluding ortho intramolecular Hbond substituents is 3. The van der Waals surface area contributed by atoms with Gasteiger partial charge >= 0.3 is 24.4 Å². The van der Waals surface area contributed by atoms with Crippen molar-refractivity contribution in [3.63, 3.8) is 0 Å². The van der Waals surface area contributed by atoms with E-state index in [-0.39, 0.29) is 73.4 Å². The number of aromatic hydroxyl groups is 3. The molecule has 356 valence electrons. The Labute approximate surface area is 415 Å². The first-order valence-corrected chi connectivity index (χ1v) is 24.5. The van der Waals surface area contributed by atoms with E-state index in [9.17, 15) is 45.0 Å². The van der Waals surface area contributed by atoms with Gasteiger partial charge in [0, 0.05) is 33.4 Å². The van der Waals surface area contributed by atoms with Crippen molar-refractivity contribution in [3.05, 3.63) is 84.8 Å². The van der Waals surface area contributed by atoms with Crippen molar-refractivity contribution in [2.24, 2.45) is 0 Å². The first-order chi connectivity index (χ1) is 30.2. The summed E-state index contributed by atoms with van der Waals surface area (Å²) in [5.74, 6) is -3.74. The molecule has 0 saturated heterocycles. The normalized spacial score (nSPS) is 10.6. The minimum atomic E-state index is -1.31. The Hall–Kier alpha value is -2.84. The number of carbonyl (C=O) groups excluding carboxylic acids is 3. The number of carboxylic acids is 3. The molecule has 0 heterocycles. The van der Waals surface area contributed by atoms with E-state index in [0.29, 0.717) is 36.0 Å². The average Bonchev–Trinajstić information content (AvgIpc) is 3.24. The monoisotopic (exact) mass is 1050 g/mol. The molecule has 0 saturated carbocycles. The summed E-state index contributed by atoms with van der Waals surface area (Å²) in [6.45, 7) is 6.62. The van der Waals surface area contributed by atoms with Crippen LogP contribution in [-0.2, 0) is 19.3 Å². The maximum atomic E-state index is 10.9. The van der Waals surface area contributed by atoms with Crippen molar-refractivity contribution in [1.29, 1.82) is 0 Å². The van der Waals surface area contributed by atoms with Crippen LogP contribution in [0.2, 0.25) is 15.1 Å². The zero-order valence-corrected chi connectivity index (χ0v) is 43.2. The van der Waals surface area contributed by atoms with Crippen LogP contribution in [0.4, 0.5) is 0 Å². The van der Waals surface area contributed by atoms with E-state index in [1.54, 1.807) is 0 Å². The van der Waals surface area contributed by atoms with E-state index in [1.165, 1.54) is 152 Å². The Balaban J connectivity index is 0.000000923. The minimum Gasteiger partial charge on any atom is -0.545 e. The number of hydrogen-bond acceptors (Lipinski definition) is 9. The molecule has 64 heavy (non-hydrogen) atoms.